The smallest absolute Gasteiger partial charge is 0.183 e. The molecule has 0 unspecified atom stereocenters. The number of alkyl halides is 1. The number of nitrogens with one attached hydrogen (secondary N) is 1. The van der Waals surface area contributed by atoms with Crippen LogP contribution in [0.2, 0.25) is 0 Å². The summed E-state index contributed by atoms with van der Waals surface area (Å²) in [5.41, 5.74) is 7.38. The van der Waals surface area contributed by atoms with E-state index in [4.69, 9.17) is 5.73 Å². The number of pyridine rings is 1. The molecule has 3 N–H and O–H groups in total. The van der Waals surface area contributed by atoms with Gasteiger partial charge in [0, 0.05) is 11.5 Å². The Hall–Kier alpha value is -1.10. The van der Waals surface area contributed by atoms with Gasteiger partial charge in [-0.2, -0.15) is 5.10 Å². The summed E-state index contributed by atoms with van der Waals surface area (Å²) in [6.45, 7) is 0. The fourth-order valence-electron chi connectivity index (χ4n) is 1.03. The highest BCUT2D eigenvalue weighted by Gasteiger charge is 2.02. The van der Waals surface area contributed by atoms with Gasteiger partial charge in [-0.3, -0.25) is 5.10 Å². The second-order valence-corrected chi connectivity index (χ2v) is 3.05. The molecule has 12 heavy (non-hydrogen) atoms. The minimum atomic E-state index is 0.570. The molecule has 0 aromatic carbocycles. The SMILES string of the molecule is Nc1[nH]nc2ncc(CBr)cc12. The molecule has 0 bridgehead atoms. The average Bonchev–Trinajstić information content (AvgIpc) is 2.47. The van der Waals surface area contributed by atoms with Crippen LogP contribution in [0.15, 0.2) is 12.3 Å². The van der Waals surface area contributed by atoms with Gasteiger partial charge in [-0.15, -0.1) is 0 Å². The van der Waals surface area contributed by atoms with Crippen molar-refractivity contribution >= 4 is 32.8 Å². The number of aromatic amines is 1. The van der Waals surface area contributed by atoms with Crippen LogP contribution in [0.1, 0.15) is 5.56 Å². The van der Waals surface area contributed by atoms with Gasteiger partial charge in [0.15, 0.2) is 5.65 Å². The maximum Gasteiger partial charge on any atom is 0.183 e. The molecule has 0 aliphatic carbocycles. The Morgan fingerprint density at radius 1 is 1.58 bits per heavy atom. The fraction of sp³-hybridized carbons (Fsp3) is 0.143. The molecule has 0 saturated carbocycles. The quantitative estimate of drug-likeness (QED) is 0.724. The molecular formula is C7H7BrN4. The van der Waals surface area contributed by atoms with Crippen LogP contribution >= 0.6 is 15.9 Å². The van der Waals surface area contributed by atoms with Gasteiger partial charge in [0.25, 0.3) is 0 Å². The monoisotopic (exact) mass is 226 g/mol. The summed E-state index contributed by atoms with van der Waals surface area (Å²) in [5.74, 6) is 0.570. The maximum atomic E-state index is 5.63. The third kappa shape index (κ3) is 1.06. The molecule has 62 valence electrons. The Morgan fingerprint density at radius 2 is 2.42 bits per heavy atom. The Labute approximate surface area is 77.3 Å². The van der Waals surface area contributed by atoms with Gasteiger partial charge in [-0.25, -0.2) is 4.98 Å². The first-order valence-corrected chi connectivity index (χ1v) is 4.58. The van der Waals surface area contributed by atoms with E-state index in [0.717, 1.165) is 16.3 Å². The molecule has 0 fully saturated rings. The number of nitrogens with zero attached hydrogens (tertiary/aromatic N) is 2. The number of rotatable bonds is 1. The average molecular weight is 227 g/mol. The Bertz CT molecular complexity index is 409. The number of hydrogen-bond donors (Lipinski definition) is 2. The lowest BCUT2D eigenvalue weighted by Gasteiger charge is -1.93. The summed E-state index contributed by atoms with van der Waals surface area (Å²) >= 11 is 3.34. The van der Waals surface area contributed by atoms with Crippen LogP contribution in [-0.2, 0) is 5.33 Å². The summed E-state index contributed by atoms with van der Waals surface area (Å²) in [6.07, 6.45) is 1.78. The lowest BCUT2D eigenvalue weighted by molar-refractivity contribution is 1.10. The molecule has 2 aromatic rings. The number of fused-ring (bicyclic) bond motifs is 1. The number of anilines is 1. The van der Waals surface area contributed by atoms with Crippen molar-refractivity contribution in [3.05, 3.63) is 17.8 Å². The van der Waals surface area contributed by atoms with Crippen LogP contribution < -0.4 is 5.73 Å². The zero-order valence-electron chi connectivity index (χ0n) is 6.21. The van der Waals surface area contributed by atoms with Crippen molar-refractivity contribution in [2.45, 2.75) is 5.33 Å². The molecule has 0 radical (unpaired) electrons. The predicted octanol–water partition coefficient (Wildman–Crippen LogP) is 1.43. The summed E-state index contributed by atoms with van der Waals surface area (Å²) in [6, 6.07) is 1.97. The van der Waals surface area contributed by atoms with Crippen LogP contribution in [0.3, 0.4) is 0 Å². The third-order valence-electron chi connectivity index (χ3n) is 1.65. The van der Waals surface area contributed by atoms with Gasteiger partial charge >= 0.3 is 0 Å². The topological polar surface area (TPSA) is 67.6 Å². The molecule has 0 spiro atoms. The van der Waals surface area contributed by atoms with E-state index < -0.39 is 0 Å². The number of hydrogen-bond acceptors (Lipinski definition) is 3. The largest absolute Gasteiger partial charge is 0.384 e. The van der Waals surface area contributed by atoms with Crippen LogP contribution in [0.4, 0.5) is 5.82 Å². The van der Waals surface area contributed by atoms with E-state index in [-0.39, 0.29) is 0 Å². The lowest BCUT2D eigenvalue weighted by Crippen LogP contribution is -1.85. The molecule has 0 aliphatic rings. The number of nitrogen functional groups attached to an aromatic ring is 1. The first-order chi connectivity index (χ1) is 5.81. The van der Waals surface area contributed by atoms with Gasteiger partial charge in [-0.1, -0.05) is 15.9 Å². The summed E-state index contributed by atoms with van der Waals surface area (Å²) in [5, 5.41) is 8.25. The number of halogens is 1. The van der Waals surface area contributed by atoms with Crippen molar-refractivity contribution in [2.75, 3.05) is 5.73 Å². The van der Waals surface area contributed by atoms with Gasteiger partial charge in [0.1, 0.15) is 5.82 Å². The zero-order chi connectivity index (χ0) is 8.55. The Kier molecular flexibility index (Phi) is 1.73. The molecule has 2 aromatic heterocycles. The van der Waals surface area contributed by atoms with E-state index >= 15 is 0 Å². The molecule has 4 nitrogen and oxygen atoms in total. The highest BCUT2D eigenvalue weighted by molar-refractivity contribution is 9.08. The van der Waals surface area contributed by atoms with Gasteiger partial charge in [0.2, 0.25) is 0 Å². The Balaban J connectivity index is 2.71. The molecule has 0 atom stereocenters. The van der Waals surface area contributed by atoms with Crippen molar-refractivity contribution in [2.24, 2.45) is 0 Å². The second-order valence-electron chi connectivity index (χ2n) is 2.49. The van der Waals surface area contributed by atoms with Crippen molar-refractivity contribution < 1.29 is 0 Å². The first-order valence-electron chi connectivity index (χ1n) is 3.45. The van der Waals surface area contributed by atoms with Crippen molar-refractivity contribution in [1.29, 1.82) is 0 Å². The molecule has 0 saturated heterocycles. The lowest BCUT2D eigenvalue weighted by atomic mass is 10.2. The molecular weight excluding hydrogens is 220 g/mol. The van der Waals surface area contributed by atoms with Gasteiger partial charge in [0.05, 0.1) is 5.39 Å². The van der Waals surface area contributed by atoms with Gasteiger partial charge in [-0.05, 0) is 11.6 Å². The molecule has 0 amide bonds. The van der Waals surface area contributed by atoms with Crippen molar-refractivity contribution in [3.63, 3.8) is 0 Å². The third-order valence-corrected chi connectivity index (χ3v) is 2.30. The summed E-state index contributed by atoms with van der Waals surface area (Å²) in [7, 11) is 0. The van der Waals surface area contributed by atoms with E-state index in [0.29, 0.717) is 11.5 Å². The van der Waals surface area contributed by atoms with E-state index in [1.807, 2.05) is 6.07 Å². The van der Waals surface area contributed by atoms with Crippen LogP contribution in [0.25, 0.3) is 11.0 Å². The van der Waals surface area contributed by atoms with Crippen LogP contribution in [0, 0.1) is 0 Å². The standard InChI is InChI=1S/C7H7BrN4/c8-2-4-1-5-6(9)11-12-7(5)10-3-4/h1,3H,2H2,(H3,9,10,11,12). The highest BCUT2D eigenvalue weighted by atomic mass is 79.9. The minimum absolute atomic E-state index is 0.570. The normalized spacial score (nSPS) is 10.8. The van der Waals surface area contributed by atoms with Crippen LogP contribution in [-0.4, -0.2) is 15.2 Å². The minimum Gasteiger partial charge on any atom is -0.384 e. The summed E-state index contributed by atoms with van der Waals surface area (Å²) in [4.78, 5) is 4.12. The number of aromatic nitrogens is 3. The number of H-pyrrole nitrogens is 1. The van der Waals surface area contributed by atoms with E-state index in [2.05, 4.69) is 31.1 Å². The van der Waals surface area contributed by atoms with Gasteiger partial charge < -0.3 is 5.73 Å². The predicted molar refractivity (Wildman–Crippen MR) is 50.9 cm³/mol. The summed E-state index contributed by atoms with van der Waals surface area (Å²) < 4.78 is 0. The number of nitrogens with two attached hydrogens (primary N) is 1. The maximum absolute atomic E-state index is 5.63. The van der Waals surface area contributed by atoms with Crippen molar-refractivity contribution in [3.8, 4) is 0 Å². The van der Waals surface area contributed by atoms with Crippen LogP contribution in [0.5, 0.6) is 0 Å². The van der Waals surface area contributed by atoms with E-state index in [1.165, 1.54) is 0 Å². The van der Waals surface area contributed by atoms with Crippen molar-refractivity contribution in [1.82, 2.24) is 15.2 Å². The zero-order valence-corrected chi connectivity index (χ0v) is 7.80. The molecule has 0 aliphatic heterocycles. The molecule has 5 heteroatoms. The van der Waals surface area contributed by atoms with E-state index in [9.17, 15) is 0 Å². The Morgan fingerprint density at radius 3 is 3.17 bits per heavy atom. The molecule has 2 heterocycles. The molecule has 2 rings (SSSR count). The van der Waals surface area contributed by atoms with E-state index in [1.54, 1.807) is 6.20 Å². The first kappa shape index (κ1) is 7.54. The highest BCUT2D eigenvalue weighted by Crippen LogP contribution is 2.17. The fourth-order valence-corrected chi connectivity index (χ4v) is 1.34. The second kappa shape index (κ2) is 2.75.